The second-order valence-corrected chi connectivity index (χ2v) is 10.4. The van der Waals surface area contributed by atoms with Gasteiger partial charge in [0.05, 0.1) is 0 Å². The Morgan fingerprint density at radius 2 is 1.64 bits per heavy atom. The third-order valence-corrected chi connectivity index (χ3v) is 6.66. The van der Waals surface area contributed by atoms with Crippen molar-refractivity contribution < 1.29 is 9.53 Å². The zero-order valence-electron chi connectivity index (χ0n) is 22.5. The smallest absolute Gasteiger partial charge is 0.306 e. The van der Waals surface area contributed by atoms with E-state index in [2.05, 4.69) is 65.0 Å². The molecule has 0 N–H and O–H groups in total. The summed E-state index contributed by atoms with van der Waals surface area (Å²) in [4.78, 5) is 11.9. The molecule has 33 heavy (non-hydrogen) atoms. The van der Waals surface area contributed by atoms with E-state index in [-0.39, 0.29) is 11.4 Å². The molecule has 0 heterocycles. The lowest BCUT2D eigenvalue weighted by Crippen LogP contribution is -2.19. The van der Waals surface area contributed by atoms with Crippen LogP contribution in [0, 0.1) is 5.41 Å². The molecule has 186 valence electrons. The van der Waals surface area contributed by atoms with Crippen LogP contribution in [0.5, 0.6) is 0 Å². The van der Waals surface area contributed by atoms with Crippen molar-refractivity contribution in [2.45, 2.75) is 119 Å². The summed E-state index contributed by atoms with van der Waals surface area (Å²) >= 11 is 0. The van der Waals surface area contributed by atoms with Crippen molar-refractivity contribution in [2.75, 3.05) is 6.61 Å². The predicted molar refractivity (Wildman–Crippen MR) is 144 cm³/mol. The highest BCUT2D eigenvalue weighted by Gasteiger charge is 2.26. The average Bonchev–Trinajstić information content (AvgIpc) is 2.75. The molecule has 0 spiro atoms. The van der Waals surface area contributed by atoms with Crippen molar-refractivity contribution in [3.63, 3.8) is 0 Å². The van der Waals surface area contributed by atoms with Crippen LogP contribution in [0.25, 0.3) is 0 Å². The van der Waals surface area contributed by atoms with Crippen LogP contribution in [-0.2, 0) is 9.53 Å². The first kappa shape index (κ1) is 29.2. The van der Waals surface area contributed by atoms with Gasteiger partial charge in [-0.25, -0.2) is 0 Å². The van der Waals surface area contributed by atoms with Gasteiger partial charge in [0.15, 0.2) is 0 Å². The lowest BCUT2D eigenvalue weighted by atomic mass is 9.72. The zero-order valence-corrected chi connectivity index (χ0v) is 22.5. The molecular weight excluding hydrogens is 404 g/mol. The maximum Gasteiger partial charge on any atom is 0.306 e. The summed E-state index contributed by atoms with van der Waals surface area (Å²) in [5, 5.41) is 0. The van der Waals surface area contributed by atoms with E-state index in [1.54, 1.807) is 0 Å². The Balaban J connectivity index is 2.30. The largest absolute Gasteiger partial charge is 0.461 e. The van der Waals surface area contributed by atoms with Gasteiger partial charge >= 0.3 is 5.97 Å². The number of hydrogen-bond acceptors (Lipinski definition) is 2. The van der Waals surface area contributed by atoms with E-state index >= 15 is 0 Å². The summed E-state index contributed by atoms with van der Waals surface area (Å²) in [6, 6.07) is 0. The maximum atomic E-state index is 11.9. The van der Waals surface area contributed by atoms with Crippen LogP contribution < -0.4 is 0 Å². The van der Waals surface area contributed by atoms with E-state index in [4.69, 9.17) is 4.74 Å². The summed E-state index contributed by atoms with van der Waals surface area (Å²) < 4.78 is 5.35. The van der Waals surface area contributed by atoms with Gasteiger partial charge in [0.1, 0.15) is 6.61 Å². The fraction of sp³-hybridized carbons (Fsp3) is 0.645. The van der Waals surface area contributed by atoms with Crippen LogP contribution in [0.3, 0.4) is 0 Å². The lowest BCUT2D eigenvalue weighted by molar-refractivity contribution is -0.142. The Kier molecular flexibility index (Phi) is 14.8. The van der Waals surface area contributed by atoms with Gasteiger partial charge in [-0.05, 0) is 63.5 Å². The molecule has 1 aliphatic rings. The molecule has 0 atom stereocenters. The molecule has 1 rings (SSSR count). The molecule has 0 fully saturated rings. The van der Waals surface area contributed by atoms with Gasteiger partial charge < -0.3 is 4.74 Å². The number of hydrogen-bond donors (Lipinski definition) is 0. The first-order valence-corrected chi connectivity index (χ1v) is 13.3. The van der Waals surface area contributed by atoms with Crippen molar-refractivity contribution in [1.82, 2.24) is 0 Å². The highest BCUT2D eigenvalue weighted by atomic mass is 16.5. The predicted octanol–water partition coefficient (Wildman–Crippen LogP) is 9.59. The minimum atomic E-state index is -0.0786. The second-order valence-electron chi connectivity index (χ2n) is 10.4. The van der Waals surface area contributed by atoms with Crippen LogP contribution >= 0.6 is 0 Å². The SMILES string of the molecule is CCCCCCCCCCC(=O)OCC=C(C)C=CC=C(C)C=CC1=C(C)CCCC1(C)C. The van der Waals surface area contributed by atoms with Crippen LogP contribution in [0.1, 0.15) is 119 Å². The first-order valence-electron chi connectivity index (χ1n) is 13.3. The van der Waals surface area contributed by atoms with Gasteiger partial charge in [0.25, 0.3) is 0 Å². The number of ether oxygens (including phenoxy) is 1. The van der Waals surface area contributed by atoms with Gasteiger partial charge in [0.2, 0.25) is 0 Å². The minimum absolute atomic E-state index is 0.0786. The van der Waals surface area contributed by atoms with Crippen molar-refractivity contribution in [2.24, 2.45) is 5.41 Å². The zero-order chi connectivity index (χ0) is 24.5. The highest BCUT2D eigenvalue weighted by Crippen LogP contribution is 2.40. The number of allylic oxidation sites excluding steroid dienone is 9. The maximum absolute atomic E-state index is 11.9. The summed E-state index contributed by atoms with van der Waals surface area (Å²) in [6.07, 6.45) is 27.0. The van der Waals surface area contributed by atoms with E-state index in [1.807, 2.05) is 13.0 Å². The molecule has 0 bridgehead atoms. The standard InChI is InChI=1S/C31H50O2/c1-7-8-9-10-11-12-13-14-20-30(32)33-25-23-27(3)18-15-17-26(2)21-22-29-28(4)19-16-24-31(29,5)6/h15,17-18,21-23H,7-14,16,19-20,24-25H2,1-6H3. The Bertz CT molecular complexity index is 728. The molecule has 0 aliphatic heterocycles. The van der Waals surface area contributed by atoms with Crippen LogP contribution in [0.4, 0.5) is 0 Å². The van der Waals surface area contributed by atoms with Crippen molar-refractivity contribution in [1.29, 1.82) is 0 Å². The fourth-order valence-electron chi connectivity index (χ4n) is 4.44. The number of carbonyl (C=O) groups excluding carboxylic acids is 1. The van der Waals surface area contributed by atoms with E-state index in [0.717, 1.165) is 18.4 Å². The molecule has 2 nitrogen and oxygen atoms in total. The van der Waals surface area contributed by atoms with Crippen molar-refractivity contribution >= 4 is 5.97 Å². The summed E-state index contributed by atoms with van der Waals surface area (Å²) in [6.45, 7) is 13.8. The monoisotopic (exact) mass is 454 g/mol. The third-order valence-electron chi connectivity index (χ3n) is 6.66. The highest BCUT2D eigenvalue weighted by molar-refractivity contribution is 5.69. The Labute approximate surface area is 205 Å². The first-order chi connectivity index (χ1) is 15.8. The van der Waals surface area contributed by atoms with Crippen molar-refractivity contribution in [3.8, 4) is 0 Å². The summed E-state index contributed by atoms with van der Waals surface area (Å²) in [7, 11) is 0. The lowest BCUT2D eigenvalue weighted by Gasteiger charge is -2.32. The minimum Gasteiger partial charge on any atom is -0.461 e. The Hall–Kier alpha value is -1.83. The molecule has 2 heteroatoms. The fourth-order valence-corrected chi connectivity index (χ4v) is 4.44. The normalized spacial score (nSPS) is 17.4. The number of carbonyl (C=O) groups is 1. The van der Waals surface area contributed by atoms with Gasteiger partial charge in [-0.15, -0.1) is 0 Å². The van der Waals surface area contributed by atoms with Gasteiger partial charge in [-0.3, -0.25) is 4.79 Å². The Morgan fingerprint density at radius 1 is 0.970 bits per heavy atom. The summed E-state index contributed by atoms with van der Waals surface area (Å²) in [5.41, 5.74) is 5.64. The molecular formula is C31H50O2. The van der Waals surface area contributed by atoms with Crippen molar-refractivity contribution in [3.05, 3.63) is 58.7 Å². The average molecular weight is 455 g/mol. The van der Waals surface area contributed by atoms with Gasteiger partial charge in [-0.1, -0.05) is 113 Å². The molecule has 0 amide bonds. The Morgan fingerprint density at radius 3 is 2.30 bits per heavy atom. The van der Waals surface area contributed by atoms with E-state index in [1.165, 1.54) is 74.5 Å². The number of unbranched alkanes of at least 4 members (excludes halogenated alkanes) is 7. The number of rotatable bonds is 15. The van der Waals surface area contributed by atoms with E-state index in [0.29, 0.717) is 13.0 Å². The van der Waals surface area contributed by atoms with E-state index < -0.39 is 0 Å². The second kappa shape index (κ2) is 16.7. The molecule has 0 aromatic heterocycles. The topological polar surface area (TPSA) is 26.3 Å². The number of esters is 1. The third kappa shape index (κ3) is 13.5. The van der Waals surface area contributed by atoms with Crippen LogP contribution in [0.2, 0.25) is 0 Å². The molecule has 0 unspecified atom stereocenters. The van der Waals surface area contributed by atoms with Crippen LogP contribution in [-0.4, -0.2) is 12.6 Å². The molecule has 0 aromatic carbocycles. The van der Waals surface area contributed by atoms with E-state index in [9.17, 15) is 4.79 Å². The summed E-state index contributed by atoms with van der Waals surface area (Å²) in [5.74, 6) is -0.0786. The van der Waals surface area contributed by atoms with Gasteiger partial charge in [0, 0.05) is 6.42 Å². The molecule has 0 saturated carbocycles. The molecule has 0 saturated heterocycles. The van der Waals surface area contributed by atoms with Crippen LogP contribution in [0.15, 0.2) is 58.7 Å². The van der Waals surface area contributed by atoms with Gasteiger partial charge in [-0.2, -0.15) is 0 Å². The quantitative estimate of drug-likeness (QED) is 0.140. The molecule has 0 radical (unpaired) electrons. The molecule has 0 aromatic rings. The molecule has 1 aliphatic carbocycles.